The van der Waals surface area contributed by atoms with Crippen LogP contribution in [-0.4, -0.2) is 315 Å². The van der Waals surface area contributed by atoms with Crippen LogP contribution >= 0.6 is 0 Å². The van der Waals surface area contributed by atoms with E-state index >= 15 is 4.79 Å². The molecule has 6 heterocycles. The number of carbonyl (C=O) groups is 1. The van der Waals surface area contributed by atoms with E-state index in [1.165, 1.54) is 13.8 Å². The third kappa shape index (κ3) is 12.2. The first-order chi connectivity index (χ1) is 44.0. The average molecular weight is 1360 g/mol. The number of aliphatic hydroxyl groups is 18. The first kappa shape index (κ1) is 73.3. The fourth-order valence-electron chi connectivity index (χ4n) is 18.8. The van der Waals surface area contributed by atoms with Crippen LogP contribution < -0.4 is 0 Å². The smallest absolute Gasteiger partial charge is 0.317 e. The van der Waals surface area contributed by atoms with Crippen molar-refractivity contribution in [3.8, 4) is 0 Å². The molecular weight excluding hydrogens is 1250 g/mol. The van der Waals surface area contributed by atoms with Gasteiger partial charge in [-0.15, -0.1) is 0 Å². The Labute approximate surface area is 543 Å². The molecule has 0 aromatic rings. The van der Waals surface area contributed by atoms with Crippen molar-refractivity contribution < 1.29 is 154 Å². The van der Waals surface area contributed by atoms with Crippen LogP contribution in [0.1, 0.15) is 107 Å². The van der Waals surface area contributed by atoms with E-state index in [-0.39, 0.29) is 36.5 Å². The van der Waals surface area contributed by atoms with Gasteiger partial charge >= 0.3 is 5.97 Å². The van der Waals surface area contributed by atoms with E-state index in [0.29, 0.717) is 32.1 Å². The van der Waals surface area contributed by atoms with Crippen molar-refractivity contribution in [2.75, 3.05) is 33.0 Å². The summed E-state index contributed by atoms with van der Waals surface area (Å²) >= 11 is 0. The maximum atomic E-state index is 15.5. The predicted molar refractivity (Wildman–Crippen MR) is 311 cm³/mol. The molecule has 38 atom stereocenters. The van der Waals surface area contributed by atoms with Crippen molar-refractivity contribution in [1.29, 1.82) is 0 Å². The van der Waals surface area contributed by atoms with E-state index in [9.17, 15) is 91.9 Å². The second kappa shape index (κ2) is 27.1. The van der Waals surface area contributed by atoms with Crippen molar-refractivity contribution in [3.63, 3.8) is 0 Å². The number of rotatable bonds is 14. The van der Waals surface area contributed by atoms with Crippen LogP contribution in [0.3, 0.4) is 0 Å². The normalized spacial score (nSPS) is 56.1. The number of allylic oxidation sites excluding steroid dienone is 2. The summed E-state index contributed by atoms with van der Waals surface area (Å²) in [6, 6.07) is 0. The number of ether oxygens (including phenoxy) is 12. The molecule has 0 radical (unpaired) electrons. The molecule has 11 aliphatic rings. The molecular formula is C63H102O31. The molecule has 6 saturated heterocycles. The van der Waals surface area contributed by atoms with Crippen LogP contribution in [0, 0.1) is 50.2 Å². The van der Waals surface area contributed by atoms with Gasteiger partial charge in [-0.2, -0.15) is 0 Å². The Morgan fingerprint density at radius 1 is 0.500 bits per heavy atom. The molecule has 540 valence electrons. The van der Waals surface area contributed by atoms with Crippen molar-refractivity contribution >= 4 is 5.97 Å². The lowest BCUT2D eigenvalue weighted by Gasteiger charge is -2.72. The van der Waals surface area contributed by atoms with Gasteiger partial charge in [0.25, 0.3) is 0 Å². The summed E-state index contributed by atoms with van der Waals surface area (Å²) in [5.41, 5.74) is -4.38. The number of fused-ring (bicyclic) bond motifs is 7. The number of hydrogen-bond donors (Lipinski definition) is 18. The molecule has 4 saturated carbocycles. The zero-order valence-electron chi connectivity index (χ0n) is 54.2. The Morgan fingerprint density at radius 2 is 1.05 bits per heavy atom. The fraction of sp³-hybridized carbons (Fsp3) is 0.952. The van der Waals surface area contributed by atoms with Crippen molar-refractivity contribution in [3.05, 3.63) is 11.6 Å². The first-order valence-electron chi connectivity index (χ1n) is 33.1. The third-order valence-corrected chi connectivity index (χ3v) is 24.5. The van der Waals surface area contributed by atoms with Gasteiger partial charge in [-0.05, 0) is 105 Å². The second-order valence-corrected chi connectivity index (χ2v) is 30.6. The number of aliphatic hydroxyl groups excluding tert-OH is 18. The van der Waals surface area contributed by atoms with E-state index in [2.05, 4.69) is 40.7 Å². The summed E-state index contributed by atoms with van der Waals surface area (Å²) < 4.78 is 70.7. The van der Waals surface area contributed by atoms with Crippen LogP contribution in [0.5, 0.6) is 0 Å². The summed E-state index contributed by atoms with van der Waals surface area (Å²) in [5, 5.41) is 200. The third-order valence-electron chi connectivity index (χ3n) is 24.5. The number of hydrogen-bond acceptors (Lipinski definition) is 31. The van der Waals surface area contributed by atoms with Crippen LogP contribution in [-0.2, 0) is 61.6 Å². The Morgan fingerprint density at radius 3 is 1.71 bits per heavy atom. The highest BCUT2D eigenvalue weighted by molar-refractivity contribution is 5.80. The minimum absolute atomic E-state index is 0.0855. The Kier molecular flexibility index (Phi) is 21.1. The average Bonchev–Trinajstić information content (AvgIpc) is 0.670. The van der Waals surface area contributed by atoms with Gasteiger partial charge in [-0.25, -0.2) is 0 Å². The van der Waals surface area contributed by atoms with Gasteiger partial charge in [0.05, 0.1) is 63.6 Å². The van der Waals surface area contributed by atoms with E-state index in [0.717, 1.165) is 5.57 Å². The Hall–Kier alpha value is -1.95. The van der Waals surface area contributed by atoms with Crippen molar-refractivity contribution in [2.45, 2.75) is 291 Å². The Bertz CT molecular complexity index is 2660. The number of esters is 1. The molecule has 3 unspecified atom stereocenters. The van der Waals surface area contributed by atoms with Crippen LogP contribution in [0.25, 0.3) is 0 Å². The largest absolute Gasteiger partial charge is 0.432 e. The van der Waals surface area contributed by atoms with Gasteiger partial charge in [0.1, 0.15) is 115 Å². The van der Waals surface area contributed by atoms with E-state index < -0.39 is 256 Å². The minimum Gasteiger partial charge on any atom is -0.432 e. The SMILES string of the molecule is C[C@@H]1O[C@@H](O[C@@H]2[C@@H](O)[C@H](O[C@@H]3[C@@H](O)[C@@H](O)[C@H](O[C@H]4[C@H](OC(=O)[C@]56CCC(C)(C)CC5C5=CCC7[C@@]8(C)C[C@H](O)[C@H](O[C@@H]9O[C@H](CO)[C@@H](O)[C@H](O[C@@H]%10OC[C@@H](O)[C@H](O)[C@H]%10O)[C@H]9O)[C@@](C)(CO)C8CC[C@@]7(C)[C@]5(C)C[C@H]6O)OC[C@H](O)[C@@H]4O)O[C@H]3C)OC[C@H]2O)[C@H](O)[C@H](O)[C@H]1O. The predicted octanol–water partition coefficient (Wildman–Crippen LogP) is -5.50. The van der Waals surface area contributed by atoms with Crippen LogP contribution in [0.15, 0.2) is 11.6 Å². The molecule has 11 rings (SSSR count). The summed E-state index contributed by atoms with van der Waals surface area (Å²) in [5.74, 6) is -2.05. The van der Waals surface area contributed by atoms with Crippen LogP contribution in [0.4, 0.5) is 0 Å². The molecule has 0 spiro atoms. The summed E-state index contributed by atoms with van der Waals surface area (Å²) in [6.07, 6.45) is -43.3. The van der Waals surface area contributed by atoms with Gasteiger partial charge in [-0.3, -0.25) is 4.79 Å². The van der Waals surface area contributed by atoms with Crippen molar-refractivity contribution in [2.24, 2.45) is 50.2 Å². The zero-order valence-corrected chi connectivity index (χ0v) is 54.2. The minimum atomic E-state index is -2.00. The second-order valence-electron chi connectivity index (χ2n) is 30.6. The molecule has 10 fully saturated rings. The highest BCUT2D eigenvalue weighted by Crippen LogP contribution is 2.76. The van der Waals surface area contributed by atoms with Gasteiger partial charge in [0, 0.05) is 5.41 Å². The van der Waals surface area contributed by atoms with Crippen molar-refractivity contribution in [1.82, 2.24) is 0 Å². The lowest BCUT2D eigenvalue weighted by molar-refractivity contribution is -0.377. The molecule has 0 bridgehead atoms. The molecule has 94 heavy (non-hydrogen) atoms. The highest BCUT2D eigenvalue weighted by Gasteiger charge is 2.73. The fourth-order valence-corrected chi connectivity index (χ4v) is 18.8. The summed E-state index contributed by atoms with van der Waals surface area (Å²) in [7, 11) is 0. The van der Waals surface area contributed by atoms with E-state index in [1.54, 1.807) is 6.92 Å². The molecule has 31 nitrogen and oxygen atoms in total. The van der Waals surface area contributed by atoms with Gasteiger partial charge < -0.3 is 149 Å². The Balaban J connectivity index is 0.795. The molecule has 6 aliphatic heterocycles. The molecule has 0 aromatic heterocycles. The first-order valence-corrected chi connectivity index (χ1v) is 33.1. The van der Waals surface area contributed by atoms with Crippen LogP contribution in [0.2, 0.25) is 0 Å². The summed E-state index contributed by atoms with van der Waals surface area (Å²) in [4.78, 5) is 15.5. The standard InChI is InChI=1S/C63H102O31/c1-23-35(71)39(75)42(78)53(86-23)90-47-30(69)21-84-52(44(47)80)89-46-24(2)87-54(43(79)40(46)76)92-49-37(73)29(68)20-85-56(49)94-57(82)63-14-13-58(3,4)15-26(63)25-9-10-33-59(5)16-27(66)50(60(6,22-65)32(59)11-12-61(33,7)62(25,8)17-34(63)70)93-55-45(81)48(38(74)31(18-64)88-55)91-51-41(77)36(72)28(67)19-83-51/h9,23-24,26-56,64-81H,10-22H2,1-8H3/t23-,24-,26?,27-,28+,29-,30+,31+,32?,33?,34+,35-,36-,37-,38+,39+,40-,41+,42+,43+,44+,45+,46-,47-,48-,49+,50-,51-,52-,53-,54-,55-,56-,59-,60-,61+,62+,63+/m0/s1. The van der Waals surface area contributed by atoms with Gasteiger partial charge in [-0.1, -0.05) is 53.2 Å². The lowest BCUT2D eigenvalue weighted by atomic mass is 9.33. The highest BCUT2D eigenvalue weighted by atomic mass is 16.8. The molecule has 18 N–H and O–H groups in total. The van der Waals surface area contributed by atoms with Gasteiger partial charge in [0.15, 0.2) is 37.6 Å². The molecule has 5 aliphatic carbocycles. The maximum absolute atomic E-state index is 15.5. The topological polar surface area (TPSA) is 492 Å². The monoisotopic (exact) mass is 1350 g/mol. The zero-order chi connectivity index (χ0) is 68.6. The summed E-state index contributed by atoms with van der Waals surface area (Å²) in [6.45, 7) is 12.5. The molecule has 0 aromatic carbocycles. The molecule has 31 heteroatoms. The lowest BCUT2D eigenvalue weighted by Crippen LogP contribution is -2.71. The number of carbonyl (C=O) groups excluding carboxylic acids is 1. The van der Waals surface area contributed by atoms with E-state index in [4.69, 9.17) is 56.8 Å². The van der Waals surface area contributed by atoms with E-state index in [1.807, 2.05) is 0 Å². The van der Waals surface area contributed by atoms with Gasteiger partial charge in [0.2, 0.25) is 6.29 Å². The quantitative estimate of drug-likeness (QED) is 0.0438. The maximum Gasteiger partial charge on any atom is 0.317 e. The molecule has 0 amide bonds.